The number of benzene rings is 2. The van der Waals surface area contributed by atoms with E-state index in [-0.39, 0.29) is 18.4 Å². The standard InChI is InChI=1S/C18H18Cl2N2O2/c1-12-5-3-6-14(9-12)10-22(13(2)23)11-17(24)21-18-15(19)7-4-8-16(18)20/h3-9H,10-11H2,1-2H3,(H,21,24). The zero-order chi connectivity index (χ0) is 17.7. The number of halogens is 2. The normalized spacial score (nSPS) is 10.3. The molecule has 0 atom stereocenters. The number of nitrogens with one attached hydrogen (secondary N) is 1. The number of nitrogens with zero attached hydrogens (tertiary/aromatic N) is 1. The number of anilines is 1. The lowest BCUT2D eigenvalue weighted by atomic mass is 10.1. The second-order valence-electron chi connectivity index (χ2n) is 5.51. The van der Waals surface area contributed by atoms with Gasteiger partial charge >= 0.3 is 0 Å². The molecular weight excluding hydrogens is 347 g/mol. The van der Waals surface area contributed by atoms with Crippen LogP contribution in [0, 0.1) is 6.92 Å². The van der Waals surface area contributed by atoms with Gasteiger partial charge in [-0.15, -0.1) is 0 Å². The van der Waals surface area contributed by atoms with Gasteiger partial charge in [0.15, 0.2) is 0 Å². The fraction of sp³-hybridized carbons (Fsp3) is 0.222. The average molecular weight is 365 g/mol. The van der Waals surface area contributed by atoms with E-state index in [1.165, 1.54) is 11.8 Å². The third kappa shape index (κ3) is 4.98. The summed E-state index contributed by atoms with van der Waals surface area (Å²) in [6, 6.07) is 12.8. The summed E-state index contributed by atoms with van der Waals surface area (Å²) in [6.45, 7) is 3.70. The first-order valence-electron chi connectivity index (χ1n) is 7.41. The number of carbonyl (C=O) groups is 2. The van der Waals surface area contributed by atoms with Crippen molar-refractivity contribution in [3.8, 4) is 0 Å². The van der Waals surface area contributed by atoms with Gasteiger partial charge in [0.1, 0.15) is 6.54 Å². The summed E-state index contributed by atoms with van der Waals surface area (Å²) in [5.74, 6) is -0.537. The second-order valence-corrected chi connectivity index (χ2v) is 6.32. The molecule has 0 unspecified atom stereocenters. The van der Waals surface area contributed by atoms with Crippen LogP contribution in [0.1, 0.15) is 18.1 Å². The molecular formula is C18H18Cl2N2O2. The molecule has 6 heteroatoms. The van der Waals surface area contributed by atoms with E-state index in [0.717, 1.165) is 11.1 Å². The second kappa shape index (κ2) is 8.18. The lowest BCUT2D eigenvalue weighted by molar-refractivity contribution is -0.133. The van der Waals surface area contributed by atoms with E-state index in [9.17, 15) is 9.59 Å². The van der Waals surface area contributed by atoms with Crippen LogP contribution in [-0.4, -0.2) is 23.3 Å². The molecule has 0 heterocycles. The van der Waals surface area contributed by atoms with Gasteiger partial charge in [-0.1, -0.05) is 59.1 Å². The Balaban J connectivity index is 2.07. The molecule has 1 N–H and O–H groups in total. The number of para-hydroxylation sites is 1. The van der Waals surface area contributed by atoms with Crippen LogP contribution < -0.4 is 5.32 Å². The van der Waals surface area contributed by atoms with Crippen molar-refractivity contribution >= 4 is 40.7 Å². The third-order valence-corrected chi connectivity index (χ3v) is 4.09. The zero-order valence-electron chi connectivity index (χ0n) is 13.5. The molecule has 2 amide bonds. The Hall–Kier alpha value is -2.04. The maximum absolute atomic E-state index is 12.3. The molecule has 0 aliphatic heterocycles. The van der Waals surface area contributed by atoms with Crippen molar-refractivity contribution in [1.29, 1.82) is 0 Å². The molecule has 4 nitrogen and oxygen atoms in total. The Labute approximate surface area is 151 Å². The first-order chi connectivity index (χ1) is 11.4. The van der Waals surface area contributed by atoms with Crippen LogP contribution in [0.25, 0.3) is 0 Å². The zero-order valence-corrected chi connectivity index (χ0v) is 15.0. The lowest BCUT2D eigenvalue weighted by Gasteiger charge is -2.21. The summed E-state index contributed by atoms with van der Waals surface area (Å²) in [6.07, 6.45) is 0. The number of amides is 2. The molecule has 0 saturated heterocycles. The molecule has 0 bridgehead atoms. The van der Waals surface area contributed by atoms with Gasteiger partial charge in [0.2, 0.25) is 11.8 Å². The maximum Gasteiger partial charge on any atom is 0.244 e. The van der Waals surface area contributed by atoms with Crippen LogP contribution >= 0.6 is 23.2 Å². The summed E-state index contributed by atoms with van der Waals surface area (Å²) in [5.41, 5.74) is 2.42. The predicted octanol–water partition coefficient (Wildman–Crippen LogP) is 4.29. The highest BCUT2D eigenvalue weighted by Gasteiger charge is 2.16. The van der Waals surface area contributed by atoms with Crippen LogP contribution in [0.4, 0.5) is 5.69 Å². The van der Waals surface area contributed by atoms with E-state index in [1.807, 2.05) is 31.2 Å². The summed E-state index contributed by atoms with van der Waals surface area (Å²) in [4.78, 5) is 25.6. The van der Waals surface area contributed by atoms with E-state index in [4.69, 9.17) is 23.2 Å². The molecule has 2 aromatic rings. The number of hydrogen-bond donors (Lipinski definition) is 1. The molecule has 24 heavy (non-hydrogen) atoms. The summed E-state index contributed by atoms with van der Waals surface area (Å²) in [5, 5.41) is 3.37. The Kier molecular flexibility index (Phi) is 6.23. The monoisotopic (exact) mass is 364 g/mol. The van der Waals surface area contributed by atoms with Crippen LogP contribution in [0.3, 0.4) is 0 Å². The average Bonchev–Trinajstić information content (AvgIpc) is 2.50. The number of carbonyl (C=O) groups excluding carboxylic acids is 2. The van der Waals surface area contributed by atoms with E-state index in [2.05, 4.69) is 5.32 Å². The van der Waals surface area contributed by atoms with Crippen molar-refractivity contribution in [1.82, 2.24) is 4.90 Å². The molecule has 0 spiro atoms. The van der Waals surface area contributed by atoms with Gasteiger partial charge in [0, 0.05) is 13.5 Å². The maximum atomic E-state index is 12.3. The molecule has 2 aromatic carbocycles. The van der Waals surface area contributed by atoms with Crippen LogP contribution in [0.5, 0.6) is 0 Å². The minimum atomic E-state index is -0.354. The highest BCUT2D eigenvalue weighted by molar-refractivity contribution is 6.39. The molecule has 0 aliphatic rings. The van der Waals surface area contributed by atoms with Crippen molar-refractivity contribution in [2.45, 2.75) is 20.4 Å². The van der Waals surface area contributed by atoms with E-state index < -0.39 is 0 Å². The molecule has 0 aliphatic carbocycles. The Bertz CT molecular complexity index is 742. The third-order valence-electron chi connectivity index (χ3n) is 3.46. The summed E-state index contributed by atoms with van der Waals surface area (Å²) >= 11 is 12.1. The van der Waals surface area contributed by atoms with Gasteiger partial charge in [-0.05, 0) is 24.6 Å². The van der Waals surface area contributed by atoms with Crippen LogP contribution in [-0.2, 0) is 16.1 Å². The van der Waals surface area contributed by atoms with Gasteiger partial charge in [-0.3, -0.25) is 9.59 Å². The Morgan fingerprint density at radius 2 is 1.71 bits per heavy atom. The van der Waals surface area contributed by atoms with E-state index in [1.54, 1.807) is 18.2 Å². The van der Waals surface area contributed by atoms with Crippen molar-refractivity contribution in [2.24, 2.45) is 0 Å². The SMILES string of the molecule is CC(=O)N(CC(=O)Nc1c(Cl)cccc1Cl)Cc1cccc(C)c1. The molecule has 0 saturated carbocycles. The topological polar surface area (TPSA) is 49.4 Å². The van der Waals surface area contributed by atoms with E-state index in [0.29, 0.717) is 22.3 Å². The number of hydrogen-bond acceptors (Lipinski definition) is 2. The predicted molar refractivity (Wildman–Crippen MR) is 97.4 cm³/mol. The molecule has 126 valence electrons. The van der Waals surface area contributed by atoms with Crippen molar-refractivity contribution in [3.05, 3.63) is 63.6 Å². The number of rotatable bonds is 5. The summed E-state index contributed by atoms with van der Waals surface area (Å²) in [7, 11) is 0. The smallest absolute Gasteiger partial charge is 0.244 e. The fourth-order valence-corrected chi connectivity index (χ4v) is 2.77. The highest BCUT2D eigenvalue weighted by atomic mass is 35.5. The minimum absolute atomic E-state index is 0.0785. The number of aryl methyl sites for hydroxylation is 1. The van der Waals surface area contributed by atoms with E-state index >= 15 is 0 Å². The Morgan fingerprint density at radius 3 is 2.29 bits per heavy atom. The van der Waals surface area contributed by atoms with Crippen molar-refractivity contribution < 1.29 is 9.59 Å². The van der Waals surface area contributed by atoms with Crippen molar-refractivity contribution in [2.75, 3.05) is 11.9 Å². The molecule has 0 fully saturated rings. The van der Waals surface area contributed by atoms with Crippen LogP contribution in [0.15, 0.2) is 42.5 Å². The van der Waals surface area contributed by atoms with Crippen LogP contribution in [0.2, 0.25) is 10.0 Å². The van der Waals surface area contributed by atoms with Gasteiger partial charge < -0.3 is 10.2 Å². The minimum Gasteiger partial charge on any atom is -0.329 e. The molecule has 0 radical (unpaired) electrons. The van der Waals surface area contributed by atoms with Gasteiger partial charge in [-0.25, -0.2) is 0 Å². The quantitative estimate of drug-likeness (QED) is 0.859. The lowest BCUT2D eigenvalue weighted by Crippen LogP contribution is -2.36. The summed E-state index contributed by atoms with van der Waals surface area (Å²) < 4.78 is 0. The Morgan fingerprint density at radius 1 is 1.08 bits per heavy atom. The first kappa shape index (κ1) is 18.3. The highest BCUT2D eigenvalue weighted by Crippen LogP contribution is 2.29. The van der Waals surface area contributed by atoms with Crippen molar-refractivity contribution in [3.63, 3.8) is 0 Å². The van der Waals surface area contributed by atoms with Gasteiger partial charge in [0.25, 0.3) is 0 Å². The first-order valence-corrected chi connectivity index (χ1v) is 8.17. The molecule has 0 aromatic heterocycles. The van der Waals surface area contributed by atoms with Gasteiger partial charge in [0.05, 0.1) is 15.7 Å². The fourth-order valence-electron chi connectivity index (χ4n) is 2.28. The largest absolute Gasteiger partial charge is 0.329 e. The van der Waals surface area contributed by atoms with Gasteiger partial charge in [-0.2, -0.15) is 0 Å². The molecule has 2 rings (SSSR count).